The van der Waals surface area contributed by atoms with Crippen molar-refractivity contribution in [3.05, 3.63) is 17.7 Å². The third kappa shape index (κ3) is 4.05. The van der Waals surface area contributed by atoms with Crippen LogP contribution in [0.2, 0.25) is 0 Å². The molecule has 0 radical (unpaired) electrons. The molecule has 0 saturated heterocycles. The number of hydrogen-bond acceptors (Lipinski definition) is 5. The number of nitrogens with zero attached hydrogens (tertiary/aromatic N) is 1. The molecule has 5 nitrogen and oxygen atoms in total. The molecule has 1 amide bonds. The topological polar surface area (TPSA) is 64.8 Å². The normalized spacial score (nSPS) is 10.2. The fraction of sp³-hybridized carbons (Fsp3) is 0.500. The average Bonchev–Trinajstić information content (AvgIpc) is 2.46. The van der Waals surface area contributed by atoms with Crippen LogP contribution >= 0.6 is 11.8 Å². The van der Waals surface area contributed by atoms with Gasteiger partial charge in [0.05, 0.1) is 14.2 Å². The molecule has 0 unspecified atom stereocenters. The summed E-state index contributed by atoms with van der Waals surface area (Å²) in [5.74, 6) is 1.39. The van der Waals surface area contributed by atoms with Crippen LogP contribution in [0.5, 0.6) is 11.5 Å². The van der Waals surface area contributed by atoms with Gasteiger partial charge in [0, 0.05) is 31.5 Å². The first-order chi connectivity index (χ1) is 9.57. The molecule has 20 heavy (non-hydrogen) atoms. The first kappa shape index (κ1) is 16.7. The van der Waals surface area contributed by atoms with Crippen LogP contribution in [-0.2, 0) is 11.3 Å². The van der Waals surface area contributed by atoms with Crippen LogP contribution in [0.4, 0.5) is 0 Å². The van der Waals surface area contributed by atoms with E-state index >= 15 is 0 Å². The van der Waals surface area contributed by atoms with Crippen LogP contribution in [-0.4, -0.2) is 44.9 Å². The maximum Gasteiger partial charge on any atom is 0.223 e. The molecule has 1 aromatic carbocycles. The van der Waals surface area contributed by atoms with Gasteiger partial charge in [0.15, 0.2) is 11.5 Å². The zero-order chi connectivity index (χ0) is 15.1. The lowest BCUT2D eigenvalue weighted by molar-refractivity contribution is -0.130. The van der Waals surface area contributed by atoms with Gasteiger partial charge in [0.2, 0.25) is 5.91 Å². The minimum atomic E-state index is 0.0364. The second-order valence-electron chi connectivity index (χ2n) is 4.31. The van der Waals surface area contributed by atoms with Crippen LogP contribution in [0.25, 0.3) is 0 Å². The molecule has 0 saturated carbocycles. The van der Waals surface area contributed by atoms with Crippen molar-refractivity contribution in [1.29, 1.82) is 0 Å². The molecular formula is C14H22N2O3S. The third-order valence-corrected chi connectivity index (χ3v) is 3.80. The lowest BCUT2D eigenvalue weighted by atomic mass is 10.2. The molecule has 0 bridgehead atoms. The zero-order valence-corrected chi connectivity index (χ0v) is 13.3. The molecular weight excluding hydrogens is 276 g/mol. The van der Waals surface area contributed by atoms with Crippen LogP contribution < -0.4 is 15.2 Å². The average molecular weight is 298 g/mol. The smallest absolute Gasteiger partial charge is 0.223 e. The van der Waals surface area contributed by atoms with E-state index in [0.717, 1.165) is 10.5 Å². The molecule has 112 valence electrons. The highest BCUT2D eigenvalue weighted by molar-refractivity contribution is 7.98. The summed E-state index contributed by atoms with van der Waals surface area (Å²) in [4.78, 5) is 14.5. The van der Waals surface area contributed by atoms with Crippen molar-refractivity contribution in [3.8, 4) is 11.5 Å². The maximum atomic E-state index is 11.8. The van der Waals surface area contributed by atoms with E-state index in [-0.39, 0.29) is 5.91 Å². The van der Waals surface area contributed by atoms with Gasteiger partial charge < -0.3 is 20.1 Å². The molecule has 6 heteroatoms. The van der Waals surface area contributed by atoms with Crippen molar-refractivity contribution in [2.45, 2.75) is 17.9 Å². The summed E-state index contributed by atoms with van der Waals surface area (Å²) in [5, 5.41) is 0. The SMILES string of the molecule is COc1cc(CN(C)C(=O)CCN)c(SC)cc1OC. The van der Waals surface area contributed by atoms with Gasteiger partial charge in [-0.1, -0.05) is 0 Å². The number of benzene rings is 1. The summed E-state index contributed by atoms with van der Waals surface area (Å²) in [7, 11) is 4.99. The van der Waals surface area contributed by atoms with Gasteiger partial charge in [-0.2, -0.15) is 0 Å². The summed E-state index contributed by atoms with van der Waals surface area (Å²) in [6.45, 7) is 0.889. The Bertz CT molecular complexity index is 466. The minimum Gasteiger partial charge on any atom is -0.493 e. The third-order valence-electron chi connectivity index (χ3n) is 2.98. The van der Waals surface area contributed by atoms with Crippen molar-refractivity contribution in [2.75, 3.05) is 34.1 Å². The van der Waals surface area contributed by atoms with E-state index in [1.54, 1.807) is 37.9 Å². The summed E-state index contributed by atoms with van der Waals surface area (Å²) in [6, 6.07) is 3.84. The monoisotopic (exact) mass is 298 g/mol. The Hall–Kier alpha value is -1.40. The van der Waals surface area contributed by atoms with Crippen molar-refractivity contribution < 1.29 is 14.3 Å². The molecule has 1 rings (SSSR count). The second-order valence-corrected chi connectivity index (χ2v) is 5.16. The molecule has 0 aliphatic rings. The lowest BCUT2D eigenvalue weighted by Gasteiger charge is -2.20. The predicted octanol–water partition coefficient (Wildman–Crippen LogP) is 1.73. The Balaban J connectivity index is 3.01. The first-order valence-electron chi connectivity index (χ1n) is 6.30. The number of carbonyl (C=O) groups excluding carboxylic acids is 1. The molecule has 2 N–H and O–H groups in total. The number of nitrogens with two attached hydrogens (primary N) is 1. The summed E-state index contributed by atoms with van der Waals surface area (Å²) >= 11 is 1.61. The van der Waals surface area contributed by atoms with Crippen molar-refractivity contribution >= 4 is 17.7 Å². The predicted molar refractivity (Wildman–Crippen MR) is 81.5 cm³/mol. The number of hydrogen-bond donors (Lipinski definition) is 1. The van der Waals surface area contributed by atoms with Gasteiger partial charge in [-0.3, -0.25) is 4.79 Å². The van der Waals surface area contributed by atoms with E-state index in [4.69, 9.17) is 15.2 Å². The number of rotatable bonds is 7. The Morgan fingerprint density at radius 2 is 1.90 bits per heavy atom. The van der Waals surface area contributed by atoms with E-state index in [2.05, 4.69) is 0 Å². The first-order valence-corrected chi connectivity index (χ1v) is 7.52. The molecule has 0 aromatic heterocycles. The highest BCUT2D eigenvalue weighted by atomic mass is 32.2. The summed E-state index contributed by atoms with van der Waals surface area (Å²) in [6.07, 6.45) is 2.35. The van der Waals surface area contributed by atoms with Gasteiger partial charge in [-0.15, -0.1) is 11.8 Å². The zero-order valence-electron chi connectivity index (χ0n) is 12.4. The van der Waals surface area contributed by atoms with Gasteiger partial charge in [-0.05, 0) is 24.0 Å². The maximum absolute atomic E-state index is 11.8. The fourth-order valence-corrected chi connectivity index (χ4v) is 2.48. The van der Waals surface area contributed by atoms with E-state index in [9.17, 15) is 4.79 Å². The molecule has 0 aliphatic heterocycles. The molecule has 1 aromatic rings. The van der Waals surface area contributed by atoms with Gasteiger partial charge >= 0.3 is 0 Å². The Labute approximate surface area is 124 Å². The minimum absolute atomic E-state index is 0.0364. The van der Waals surface area contributed by atoms with Crippen LogP contribution in [0.1, 0.15) is 12.0 Å². The Morgan fingerprint density at radius 3 is 2.40 bits per heavy atom. The van der Waals surface area contributed by atoms with Crippen molar-refractivity contribution in [1.82, 2.24) is 4.90 Å². The highest BCUT2D eigenvalue weighted by Gasteiger charge is 2.14. The molecule has 0 heterocycles. The number of amides is 1. The van der Waals surface area contributed by atoms with Crippen molar-refractivity contribution in [2.24, 2.45) is 5.73 Å². The molecule has 0 aliphatic carbocycles. The lowest BCUT2D eigenvalue weighted by Crippen LogP contribution is -2.28. The number of methoxy groups -OCH3 is 2. The Kier molecular flexibility index (Phi) is 6.67. The van der Waals surface area contributed by atoms with Crippen molar-refractivity contribution in [3.63, 3.8) is 0 Å². The number of thioether (sulfide) groups is 1. The molecule has 0 atom stereocenters. The largest absolute Gasteiger partial charge is 0.493 e. The van der Waals surface area contributed by atoms with Crippen LogP contribution in [0.15, 0.2) is 17.0 Å². The highest BCUT2D eigenvalue weighted by Crippen LogP contribution is 2.35. The quantitative estimate of drug-likeness (QED) is 0.777. The Morgan fingerprint density at radius 1 is 1.30 bits per heavy atom. The van der Waals surface area contributed by atoms with Crippen LogP contribution in [0, 0.1) is 0 Å². The second kappa shape index (κ2) is 8.01. The molecule has 0 fully saturated rings. The van der Waals surface area contributed by atoms with Crippen LogP contribution in [0.3, 0.4) is 0 Å². The van der Waals surface area contributed by atoms with Gasteiger partial charge in [0.1, 0.15) is 0 Å². The van der Waals surface area contributed by atoms with Gasteiger partial charge in [-0.25, -0.2) is 0 Å². The number of carbonyl (C=O) groups is 1. The summed E-state index contributed by atoms with van der Waals surface area (Å²) in [5.41, 5.74) is 6.44. The standard InChI is InChI=1S/C14H22N2O3S/c1-16(14(17)5-6-15)9-10-7-11(18-2)12(19-3)8-13(10)20-4/h7-8H,5-6,9,15H2,1-4H3. The van der Waals surface area contributed by atoms with E-state index in [1.807, 2.05) is 18.4 Å². The number of ether oxygens (including phenoxy) is 2. The molecule has 0 spiro atoms. The fourth-order valence-electron chi connectivity index (χ4n) is 1.87. The van der Waals surface area contributed by atoms with Gasteiger partial charge in [0.25, 0.3) is 0 Å². The van der Waals surface area contributed by atoms with E-state index in [0.29, 0.717) is 31.0 Å². The summed E-state index contributed by atoms with van der Waals surface area (Å²) < 4.78 is 10.6. The van der Waals surface area contributed by atoms with E-state index in [1.165, 1.54) is 0 Å². The van der Waals surface area contributed by atoms with E-state index < -0.39 is 0 Å².